The average molecular weight is 234 g/mol. The summed E-state index contributed by atoms with van der Waals surface area (Å²) in [7, 11) is 0. The van der Waals surface area contributed by atoms with Crippen LogP contribution in [-0.2, 0) is 0 Å². The molecule has 1 aliphatic rings. The predicted molar refractivity (Wildman–Crippen MR) is 66.5 cm³/mol. The molecule has 92 valence electrons. The molecule has 1 aromatic rings. The highest BCUT2D eigenvalue weighted by Crippen LogP contribution is 2.23. The minimum absolute atomic E-state index is 0.190. The lowest BCUT2D eigenvalue weighted by Crippen LogP contribution is -2.50. The van der Waals surface area contributed by atoms with Gasteiger partial charge in [-0.15, -0.1) is 0 Å². The number of carboxylic acids is 1. The molecule has 1 aliphatic heterocycles. The van der Waals surface area contributed by atoms with Crippen LogP contribution in [-0.4, -0.2) is 36.8 Å². The summed E-state index contributed by atoms with van der Waals surface area (Å²) in [6.07, 6.45) is 0. The number of carboxylic acid groups (broad SMARTS) is 1. The second-order valence-corrected chi connectivity index (χ2v) is 4.45. The van der Waals surface area contributed by atoms with Crippen molar-refractivity contribution in [2.45, 2.75) is 18.9 Å². The highest BCUT2D eigenvalue weighted by atomic mass is 16.4. The zero-order valence-corrected chi connectivity index (χ0v) is 9.94. The van der Waals surface area contributed by atoms with E-state index in [1.165, 1.54) is 0 Å². The number of aromatic carboxylic acids is 1. The van der Waals surface area contributed by atoms with E-state index in [-0.39, 0.29) is 5.92 Å². The van der Waals surface area contributed by atoms with E-state index >= 15 is 0 Å². The van der Waals surface area contributed by atoms with Crippen molar-refractivity contribution >= 4 is 5.97 Å². The minimum atomic E-state index is -0.851. The Kier molecular flexibility index (Phi) is 3.76. The van der Waals surface area contributed by atoms with Crippen molar-refractivity contribution < 1.29 is 9.90 Å². The lowest BCUT2D eigenvalue weighted by Gasteiger charge is -2.30. The SMILES string of the molecule is C[C@H](c1ccccc1C(=O)O)C1CNCCN1. The van der Waals surface area contributed by atoms with Gasteiger partial charge in [-0.2, -0.15) is 0 Å². The molecule has 0 bridgehead atoms. The largest absolute Gasteiger partial charge is 0.478 e. The monoisotopic (exact) mass is 234 g/mol. The van der Waals surface area contributed by atoms with Gasteiger partial charge in [0.25, 0.3) is 0 Å². The van der Waals surface area contributed by atoms with Gasteiger partial charge in [0.15, 0.2) is 0 Å². The van der Waals surface area contributed by atoms with Crippen molar-refractivity contribution in [2.24, 2.45) is 0 Å². The molecule has 0 radical (unpaired) electrons. The van der Waals surface area contributed by atoms with Gasteiger partial charge >= 0.3 is 5.97 Å². The smallest absolute Gasteiger partial charge is 0.335 e. The van der Waals surface area contributed by atoms with Gasteiger partial charge in [0.2, 0.25) is 0 Å². The van der Waals surface area contributed by atoms with Crippen molar-refractivity contribution in [1.82, 2.24) is 10.6 Å². The summed E-state index contributed by atoms with van der Waals surface area (Å²) in [5.41, 5.74) is 1.31. The maximum atomic E-state index is 11.2. The highest BCUT2D eigenvalue weighted by molar-refractivity contribution is 5.89. The first kappa shape index (κ1) is 12.1. The predicted octanol–water partition coefficient (Wildman–Crippen LogP) is 1.05. The van der Waals surface area contributed by atoms with Crippen LogP contribution in [0.3, 0.4) is 0 Å². The Hall–Kier alpha value is -1.39. The van der Waals surface area contributed by atoms with Crippen LogP contribution in [0, 0.1) is 0 Å². The topological polar surface area (TPSA) is 61.4 Å². The van der Waals surface area contributed by atoms with Crippen molar-refractivity contribution in [3.8, 4) is 0 Å². The second kappa shape index (κ2) is 5.29. The van der Waals surface area contributed by atoms with Gasteiger partial charge in [-0.1, -0.05) is 25.1 Å². The fraction of sp³-hybridized carbons (Fsp3) is 0.462. The third-order valence-electron chi connectivity index (χ3n) is 3.36. The Morgan fingerprint density at radius 1 is 1.41 bits per heavy atom. The van der Waals surface area contributed by atoms with E-state index in [9.17, 15) is 9.90 Å². The van der Waals surface area contributed by atoms with Gasteiger partial charge in [0, 0.05) is 25.7 Å². The number of piperazine rings is 1. The molecule has 4 heteroatoms. The number of nitrogens with one attached hydrogen (secondary N) is 2. The standard InChI is InChI=1S/C13H18N2O2/c1-9(12-8-14-6-7-15-12)10-4-2-3-5-11(10)13(16)17/h2-5,9,12,14-15H,6-8H2,1H3,(H,16,17)/t9-,12?/m1/s1. The first-order chi connectivity index (χ1) is 8.20. The van der Waals surface area contributed by atoms with E-state index in [1.807, 2.05) is 12.1 Å². The van der Waals surface area contributed by atoms with Crippen molar-refractivity contribution in [2.75, 3.05) is 19.6 Å². The summed E-state index contributed by atoms with van der Waals surface area (Å²) in [6, 6.07) is 7.54. The molecule has 1 fully saturated rings. The van der Waals surface area contributed by atoms with Crippen LogP contribution in [0.25, 0.3) is 0 Å². The van der Waals surface area contributed by atoms with Gasteiger partial charge in [-0.05, 0) is 17.5 Å². The van der Waals surface area contributed by atoms with Crippen molar-refractivity contribution in [3.63, 3.8) is 0 Å². The Morgan fingerprint density at radius 2 is 2.18 bits per heavy atom. The summed E-state index contributed by atoms with van der Waals surface area (Å²) < 4.78 is 0. The molecular formula is C13H18N2O2. The molecule has 0 amide bonds. The first-order valence-electron chi connectivity index (χ1n) is 5.96. The van der Waals surface area contributed by atoms with Crippen LogP contribution in [0.5, 0.6) is 0 Å². The highest BCUT2D eigenvalue weighted by Gasteiger charge is 2.23. The van der Waals surface area contributed by atoms with Gasteiger partial charge in [0.1, 0.15) is 0 Å². The van der Waals surface area contributed by atoms with Gasteiger partial charge in [0.05, 0.1) is 5.56 Å². The van der Waals surface area contributed by atoms with Crippen molar-refractivity contribution in [3.05, 3.63) is 35.4 Å². The third kappa shape index (κ3) is 2.65. The molecule has 2 atom stereocenters. The quantitative estimate of drug-likeness (QED) is 0.731. The summed E-state index contributed by atoms with van der Waals surface area (Å²) in [5, 5.41) is 15.9. The third-order valence-corrected chi connectivity index (χ3v) is 3.36. The number of rotatable bonds is 3. The first-order valence-corrected chi connectivity index (χ1v) is 5.96. The molecule has 1 unspecified atom stereocenters. The Bertz CT molecular complexity index is 400. The molecule has 2 rings (SSSR count). The Labute approximate surface area is 101 Å². The molecule has 17 heavy (non-hydrogen) atoms. The van der Waals surface area contributed by atoms with E-state index in [1.54, 1.807) is 12.1 Å². The van der Waals surface area contributed by atoms with Gasteiger partial charge in [-0.3, -0.25) is 0 Å². The van der Waals surface area contributed by atoms with Crippen LogP contribution in [0.15, 0.2) is 24.3 Å². The summed E-state index contributed by atoms with van der Waals surface area (Å²) in [4.78, 5) is 11.2. The van der Waals surface area contributed by atoms with Crippen LogP contribution >= 0.6 is 0 Å². The van der Waals surface area contributed by atoms with E-state index in [0.29, 0.717) is 11.6 Å². The summed E-state index contributed by atoms with van der Waals surface area (Å²) in [6.45, 7) is 4.87. The van der Waals surface area contributed by atoms with E-state index in [2.05, 4.69) is 17.6 Å². The fourth-order valence-electron chi connectivity index (χ4n) is 2.33. The van der Waals surface area contributed by atoms with E-state index < -0.39 is 5.97 Å². The lowest BCUT2D eigenvalue weighted by molar-refractivity contribution is 0.0695. The molecule has 1 heterocycles. The molecule has 0 saturated carbocycles. The number of carbonyl (C=O) groups is 1. The van der Waals surface area contributed by atoms with Gasteiger partial charge in [-0.25, -0.2) is 4.79 Å². The molecule has 3 N–H and O–H groups in total. The van der Waals surface area contributed by atoms with Crippen LogP contribution < -0.4 is 10.6 Å². The molecule has 0 spiro atoms. The summed E-state index contributed by atoms with van der Waals surface area (Å²) >= 11 is 0. The molecule has 0 aliphatic carbocycles. The van der Waals surface area contributed by atoms with Crippen LogP contribution in [0.4, 0.5) is 0 Å². The maximum absolute atomic E-state index is 11.2. The minimum Gasteiger partial charge on any atom is -0.478 e. The lowest BCUT2D eigenvalue weighted by atomic mass is 9.89. The normalized spacial score (nSPS) is 22.1. The molecule has 1 aromatic carbocycles. The average Bonchev–Trinajstić information content (AvgIpc) is 2.39. The van der Waals surface area contributed by atoms with E-state index in [4.69, 9.17) is 0 Å². The molecule has 1 saturated heterocycles. The molecule has 4 nitrogen and oxygen atoms in total. The second-order valence-electron chi connectivity index (χ2n) is 4.45. The zero-order valence-electron chi connectivity index (χ0n) is 9.94. The number of benzene rings is 1. The van der Waals surface area contributed by atoms with Crippen LogP contribution in [0.1, 0.15) is 28.8 Å². The maximum Gasteiger partial charge on any atom is 0.335 e. The van der Waals surface area contributed by atoms with Crippen LogP contribution in [0.2, 0.25) is 0 Å². The Balaban J connectivity index is 2.23. The molecular weight excluding hydrogens is 216 g/mol. The fourth-order valence-corrected chi connectivity index (χ4v) is 2.33. The van der Waals surface area contributed by atoms with Gasteiger partial charge < -0.3 is 15.7 Å². The summed E-state index contributed by atoms with van der Waals surface area (Å²) in [5.74, 6) is -0.661. The Morgan fingerprint density at radius 3 is 2.82 bits per heavy atom. The number of hydrogen-bond acceptors (Lipinski definition) is 3. The van der Waals surface area contributed by atoms with E-state index in [0.717, 1.165) is 25.2 Å². The number of hydrogen-bond donors (Lipinski definition) is 3. The zero-order chi connectivity index (χ0) is 12.3. The molecule has 0 aromatic heterocycles. The van der Waals surface area contributed by atoms with Crippen molar-refractivity contribution in [1.29, 1.82) is 0 Å².